The van der Waals surface area contributed by atoms with Crippen LogP contribution >= 0.6 is 22.7 Å². The van der Waals surface area contributed by atoms with Crippen molar-refractivity contribution >= 4 is 33.0 Å². The summed E-state index contributed by atoms with van der Waals surface area (Å²) in [6, 6.07) is 21.7. The van der Waals surface area contributed by atoms with E-state index < -0.39 is 0 Å². The first-order valence-corrected chi connectivity index (χ1v) is 10.5. The molecule has 5 rings (SSSR count). The molecule has 4 nitrogen and oxygen atoms in total. The second-order valence-corrected chi connectivity index (χ2v) is 8.32. The van der Waals surface area contributed by atoms with E-state index in [1.54, 1.807) is 15.9 Å². The van der Waals surface area contributed by atoms with Crippen LogP contribution < -0.4 is 5.56 Å². The molecule has 3 aromatic heterocycles. The number of thiazole rings is 1. The van der Waals surface area contributed by atoms with E-state index in [0.717, 1.165) is 26.7 Å². The third-order valence-electron chi connectivity index (χ3n) is 4.55. The van der Waals surface area contributed by atoms with Gasteiger partial charge in [-0.2, -0.15) is 0 Å². The van der Waals surface area contributed by atoms with E-state index in [0.29, 0.717) is 16.2 Å². The molecule has 0 bridgehead atoms. The first-order valence-electron chi connectivity index (χ1n) is 8.81. The zero-order valence-electron chi connectivity index (χ0n) is 15.0. The summed E-state index contributed by atoms with van der Waals surface area (Å²) in [5.41, 5.74) is 3.16. The molecule has 0 fully saturated rings. The Morgan fingerprint density at radius 1 is 0.893 bits per heavy atom. The van der Waals surface area contributed by atoms with E-state index in [9.17, 15) is 4.79 Å². The van der Waals surface area contributed by atoms with Gasteiger partial charge in [-0.25, -0.2) is 9.97 Å². The van der Waals surface area contributed by atoms with Crippen LogP contribution in [-0.2, 0) is 0 Å². The fraction of sp³-hybridized carbons (Fsp3) is 0.0455. The standard InChI is InChI=1S/C22H15N3OS2/c1-14-8-5-6-11-16(14)25-20(15-9-3-2-4-10-15)23-19-18(22(25)26)28-21(24-19)17-12-7-13-27-17/h2-13H,1H3. The van der Waals surface area contributed by atoms with Gasteiger partial charge in [-0.1, -0.05) is 54.6 Å². The van der Waals surface area contributed by atoms with Crippen molar-refractivity contribution in [2.24, 2.45) is 0 Å². The summed E-state index contributed by atoms with van der Waals surface area (Å²) in [5, 5.41) is 2.84. The van der Waals surface area contributed by atoms with Crippen LogP contribution in [-0.4, -0.2) is 14.5 Å². The molecule has 2 aromatic carbocycles. The van der Waals surface area contributed by atoms with E-state index in [1.165, 1.54) is 11.3 Å². The van der Waals surface area contributed by atoms with Gasteiger partial charge in [-0.05, 0) is 30.0 Å². The lowest BCUT2D eigenvalue weighted by Gasteiger charge is -2.14. The van der Waals surface area contributed by atoms with Gasteiger partial charge in [0, 0.05) is 5.56 Å². The van der Waals surface area contributed by atoms with Crippen LogP contribution in [0.3, 0.4) is 0 Å². The van der Waals surface area contributed by atoms with Crippen LogP contribution in [0.15, 0.2) is 76.9 Å². The van der Waals surface area contributed by atoms with E-state index in [4.69, 9.17) is 4.98 Å². The topological polar surface area (TPSA) is 47.8 Å². The number of aryl methyl sites for hydroxylation is 1. The molecular weight excluding hydrogens is 386 g/mol. The number of fused-ring (bicyclic) bond motifs is 1. The Hall–Kier alpha value is -3.09. The summed E-state index contributed by atoms with van der Waals surface area (Å²) >= 11 is 3.02. The molecule has 3 heterocycles. The zero-order valence-corrected chi connectivity index (χ0v) is 16.6. The molecule has 0 aliphatic heterocycles. The zero-order chi connectivity index (χ0) is 19.1. The molecule has 0 amide bonds. The molecule has 5 aromatic rings. The van der Waals surface area contributed by atoms with Crippen molar-refractivity contribution in [3.05, 3.63) is 88.0 Å². The molecule has 0 aliphatic rings. The summed E-state index contributed by atoms with van der Waals surface area (Å²) in [5.74, 6) is 0.607. The van der Waals surface area contributed by atoms with Gasteiger partial charge in [-0.15, -0.1) is 22.7 Å². The number of nitrogens with zero attached hydrogens (tertiary/aromatic N) is 3. The van der Waals surface area contributed by atoms with Crippen molar-refractivity contribution in [3.8, 4) is 27.0 Å². The number of para-hydroxylation sites is 1. The molecule has 0 aliphatic carbocycles. The molecule has 0 saturated carbocycles. The third kappa shape index (κ3) is 2.78. The van der Waals surface area contributed by atoms with E-state index >= 15 is 0 Å². The molecule has 136 valence electrons. The highest BCUT2D eigenvalue weighted by molar-refractivity contribution is 7.25. The summed E-state index contributed by atoms with van der Waals surface area (Å²) in [4.78, 5) is 24.1. The second-order valence-electron chi connectivity index (χ2n) is 6.38. The van der Waals surface area contributed by atoms with Gasteiger partial charge in [0.2, 0.25) is 0 Å². The van der Waals surface area contributed by atoms with Crippen molar-refractivity contribution in [3.63, 3.8) is 0 Å². The van der Waals surface area contributed by atoms with Crippen LogP contribution in [0.5, 0.6) is 0 Å². The Morgan fingerprint density at radius 2 is 1.68 bits per heavy atom. The van der Waals surface area contributed by atoms with Crippen molar-refractivity contribution in [2.75, 3.05) is 0 Å². The number of rotatable bonds is 3. The maximum Gasteiger partial charge on any atom is 0.278 e. The lowest BCUT2D eigenvalue weighted by atomic mass is 10.1. The van der Waals surface area contributed by atoms with Gasteiger partial charge in [0.05, 0.1) is 10.6 Å². The van der Waals surface area contributed by atoms with E-state index in [-0.39, 0.29) is 5.56 Å². The van der Waals surface area contributed by atoms with Crippen molar-refractivity contribution in [1.29, 1.82) is 0 Å². The highest BCUT2D eigenvalue weighted by Gasteiger charge is 2.19. The predicted octanol–water partition coefficient (Wildman–Crippen LogP) is 5.55. The number of benzene rings is 2. The molecule has 0 radical (unpaired) electrons. The van der Waals surface area contributed by atoms with Gasteiger partial charge >= 0.3 is 0 Å². The maximum absolute atomic E-state index is 13.6. The second kappa shape index (κ2) is 6.82. The number of hydrogen-bond donors (Lipinski definition) is 0. The van der Waals surface area contributed by atoms with Gasteiger partial charge in [-0.3, -0.25) is 9.36 Å². The number of hydrogen-bond acceptors (Lipinski definition) is 5. The van der Waals surface area contributed by atoms with Gasteiger partial charge in [0.1, 0.15) is 15.5 Å². The molecule has 6 heteroatoms. The molecule has 0 unspecified atom stereocenters. The van der Waals surface area contributed by atoms with Gasteiger partial charge in [0.25, 0.3) is 5.56 Å². The first kappa shape index (κ1) is 17.0. The molecular formula is C22H15N3OS2. The lowest BCUT2D eigenvalue weighted by molar-refractivity contribution is 0.964. The Balaban J connectivity index is 1.87. The molecule has 0 saturated heterocycles. The van der Waals surface area contributed by atoms with Crippen LogP contribution in [0.2, 0.25) is 0 Å². The smallest absolute Gasteiger partial charge is 0.267 e. The van der Waals surface area contributed by atoms with E-state index in [2.05, 4.69) is 4.98 Å². The van der Waals surface area contributed by atoms with E-state index in [1.807, 2.05) is 79.0 Å². The predicted molar refractivity (Wildman–Crippen MR) is 116 cm³/mol. The maximum atomic E-state index is 13.6. The average molecular weight is 402 g/mol. The first-order chi connectivity index (χ1) is 13.7. The Morgan fingerprint density at radius 3 is 2.43 bits per heavy atom. The fourth-order valence-corrected chi connectivity index (χ4v) is 4.93. The normalized spacial score (nSPS) is 11.2. The minimum absolute atomic E-state index is 0.0848. The molecule has 0 atom stereocenters. The molecule has 0 spiro atoms. The summed E-state index contributed by atoms with van der Waals surface area (Å²) in [6.07, 6.45) is 0. The third-order valence-corrected chi connectivity index (χ3v) is 6.62. The highest BCUT2D eigenvalue weighted by atomic mass is 32.1. The summed E-state index contributed by atoms with van der Waals surface area (Å²) < 4.78 is 2.29. The number of aromatic nitrogens is 3. The summed E-state index contributed by atoms with van der Waals surface area (Å²) in [6.45, 7) is 2.00. The largest absolute Gasteiger partial charge is 0.278 e. The van der Waals surface area contributed by atoms with Crippen molar-refractivity contribution < 1.29 is 0 Å². The Bertz CT molecular complexity index is 1340. The highest BCUT2D eigenvalue weighted by Crippen LogP contribution is 2.32. The Labute approximate surface area is 169 Å². The monoisotopic (exact) mass is 401 g/mol. The van der Waals surface area contributed by atoms with Crippen molar-refractivity contribution in [1.82, 2.24) is 14.5 Å². The summed E-state index contributed by atoms with van der Waals surface area (Å²) in [7, 11) is 0. The molecule has 0 N–H and O–H groups in total. The van der Waals surface area contributed by atoms with Crippen molar-refractivity contribution in [2.45, 2.75) is 6.92 Å². The number of thiophene rings is 1. The lowest BCUT2D eigenvalue weighted by Crippen LogP contribution is -2.22. The average Bonchev–Trinajstić information content (AvgIpc) is 3.39. The molecule has 28 heavy (non-hydrogen) atoms. The quantitative estimate of drug-likeness (QED) is 0.398. The van der Waals surface area contributed by atoms with Gasteiger partial charge in [0.15, 0.2) is 5.65 Å². The Kier molecular flexibility index (Phi) is 4.15. The minimum Gasteiger partial charge on any atom is -0.267 e. The van der Waals surface area contributed by atoms with Crippen LogP contribution in [0.25, 0.3) is 37.3 Å². The van der Waals surface area contributed by atoms with Crippen LogP contribution in [0.4, 0.5) is 0 Å². The van der Waals surface area contributed by atoms with Crippen LogP contribution in [0.1, 0.15) is 5.56 Å². The van der Waals surface area contributed by atoms with Gasteiger partial charge < -0.3 is 0 Å². The minimum atomic E-state index is -0.0848. The SMILES string of the molecule is Cc1ccccc1-n1c(-c2ccccc2)nc2nc(-c3cccs3)sc2c1=O. The fourth-order valence-electron chi connectivity index (χ4n) is 3.20. The van der Waals surface area contributed by atoms with Crippen LogP contribution in [0, 0.1) is 6.92 Å².